The third kappa shape index (κ3) is 10.6. The Bertz CT molecular complexity index is 1220. The molecule has 0 aromatic rings. The van der Waals surface area contributed by atoms with Crippen LogP contribution in [0.15, 0.2) is 11.6 Å². The fourth-order valence-corrected chi connectivity index (χ4v) is 9.28. The Kier molecular flexibility index (Phi) is 17.0. The van der Waals surface area contributed by atoms with Gasteiger partial charge in [0.1, 0.15) is 23.9 Å². The summed E-state index contributed by atoms with van der Waals surface area (Å²) in [5.41, 5.74) is -2.45. The largest absolute Gasteiger partial charge is 0.459 e. The Hall–Kier alpha value is -1.23. The number of methoxy groups -OCH3 is 3. The van der Waals surface area contributed by atoms with E-state index in [0.717, 1.165) is 5.57 Å². The molecule has 17 atom stereocenters. The summed E-state index contributed by atoms with van der Waals surface area (Å²) >= 11 is 0. The van der Waals surface area contributed by atoms with Gasteiger partial charge >= 0.3 is 5.97 Å². The molecule has 2 fully saturated rings. The molecule has 54 heavy (non-hydrogen) atoms. The zero-order valence-electron chi connectivity index (χ0n) is 35.9. The Morgan fingerprint density at radius 1 is 0.944 bits per heavy atom. The summed E-state index contributed by atoms with van der Waals surface area (Å²) in [7, 11) is 8.67. The maximum atomic E-state index is 14.4. The maximum Gasteiger partial charge on any atom is 0.311 e. The van der Waals surface area contributed by atoms with Gasteiger partial charge in [-0.05, 0) is 94.2 Å². The number of rotatable bonds is 11. The molecule has 0 radical (unpaired) electrons. The van der Waals surface area contributed by atoms with E-state index in [-0.39, 0.29) is 30.4 Å². The zero-order chi connectivity index (χ0) is 40.9. The molecule has 0 bridgehead atoms. The summed E-state index contributed by atoms with van der Waals surface area (Å²) in [6, 6.07) is -0.218. The van der Waals surface area contributed by atoms with Crippen molar-refractivity contribution >= 4 is 5.97 Å². The Labute approximate surface area is 325 Å². The van der Waals surface area contributed by atoms with Gasteiger partial charge in [-0.15, -0.1) is 0 Å². The third-order valence-electron chi connectivity index (χ3n) is 12.7. The Morgan fingerprint density at radius 2 is 1.57 bits per heavy atom. The van der Waals surface area contributed by atoms with Crippen LogP contribution in [0.3, 0.4) is 0 Å². The average Bonchev–Trinajstić information content (AvgIpc) is 3.10. The van der Waals surface area contributed by atoms with Crippen LogP contribution in [0.1, 0.15) is 101 Å². The van der Waals surface area contributed by atoms with Gasteiger partial charge in [0.25, 0.3) is 0 Å². The predicted molar refractivity (Wildman–Crippen MR) is 205 cm³/mol. The number of likely N-dealkylation sites (N-methyl/N-ethyl adjacent to an activating group) is 1. The van der Waals surface area contributed by atoms with Crippen LogP contribution in [0.4, 0.5) is 0 Å². The van der Waals surface area contributed by atoms with E-state index in [1.165, 1.54) is 0 Å². The van der Waals surface area contributed by atoms with Crippen LogP contribution in [0.5, 0.6) is 0 Å². The van der Waals surface area contributed by atoms with Crippen LogP contribution in [0.25, 0.3) is 0 Å². The van der Waals surface area contributed by atoms with Gasteiger partial charge in [-0.2, -0.15) is 0 Å². The average molecular weight is 774 g/mol. The van der Waals surface area contributed by atoms with Crippen molar-refractivity contribution < 1.29 is 58.0 Å². The van der Waals surface area contributed by atoms with Crippen LogP contribution >= 0.6 is 0 Å². The van der Waals surface area contributed by atoms with E-state index in [9.17, 15) is 20.1 Å². The molecule has 0 saturated carbocycles. The number of carbonyl (C=O) groups is 1. The van der Waals surface area contributed by atoms with Gasteiger partial charge in [0.15, 0.2) is 12.6 Å². The van der Waals surface area contributed by atoms with Crippen LogP contribution in [0.2, 0.25) is 0 Å². The molecule has 0 aromatic heterocycles. The van der Waals surface area contributed by atoms with E-state index < -0.39 is 83.8 Å². The van der Waals surface area contributed by atoms with Crippen LogP contribution < -0.4 is 0 Å². The number of cyclic esters (lactones) is 1. The second-order valence-corrected chi connectivity index (χ2v) is 17.3. The van der Waals surface area contributed by atoms with E-state index in [1.54, 1.807) is 42.1 Å². The minimum absolute atomic E-state index is 0.0616. The van der Waals surface area contributed by atoms with Crippen molar-refractivity contribution in [2.75, 3.05) is 42.0 Å². The highest BCUT2D eigenvalue weighted by Gasteiger charge is 2.53. The Morgan fingerprint density at radius 3 is 2.13 bits per heavy atom. The van der Waals surface area contributed by atoms with Crippen LogP contribution in [0, 0.1) is 23.7 Å². The van der Waals surface area contributed by atoms with Crippen molar-refractivity contribution in [1.82, 2.24) is 4.90 Å². The molecule has 13 nitrogen and oxygen atoms in total. The molecule has 0 aromatic carbocycles. The van der Waals surface area contributed by atoms with E-state index in [4.69, 9.17) is 37.9 Å². The molecule has 3 heterocycles. The summed E-state index contributed by atoms with van der Waals surface area (Å²) in [5.74, 6) is -2.47. The number of hydrogen-bond donors (Lipinski definition) is 3. The van der Waals surface area contributed by atoms with Gasteiger partial charge in [0, 0.05) is 52.2 Å². The highest BCUT2D eigenvalue weighted by atomic mass is 16.7. The molecule has 13 heteroatoms. The van der Waals surface area contributed by atoms with E-state index >= 15 is 0 Å². The maximum absolute atomic E-state index is 14.4. The fraction of sp³-hybridized carbons (Fsp3) is 0.927. The zero-order valence-corrected chi connectivity index (χ0v) is 35.9. The molecule has 0 amide bonds. The second-order valence-electron chi connectivity index (χ2n) is 17.3. The van der Waals surface area contributed by atoms with Crippen molar-refractivity contribution in [3.63, 3.8) is 0 Å². The highest BCUT2D eigenvalue weighted by molar-refractivity contribution is 5.73. The van der Waals surface area contributed by atoms with Crippen LogP contribution in [-0.4, -0.2) is 146 Å². The molecule has 316 valence electrons. The molecule has 0 spiro atoms. The minimum atomic E-state index is -1.42. The lowest BCUT2D eigenvalue weighted by Gasteiger charge is -2.49. The van der Waals surface area contributed by atoms with E-state index in [0.29, 0.717) is 32.3 Å². The van der Waals surface area contributed by atoms with Crippen molar-refractivity contribution in [1.29, 1.82) is 0 Å². The van der Waals surface area contributed by atoms with Gasteiger partial charge in [-0.1, -0.05) is 32.4 Å². The Balaban J connectivity index is 2.24. The molecule has 0 aliphatic carbocycles. The minimum Gasteiger partial charge on any atom is -0.459 e. The number of carbonyl (C=O) groups excluding carboxylic acids is 1. The van der Waals surface area contributed by atoms with Gasteiger partial charge in [-0.25, -0.2) is 0 Å². The standard InChI is InChI=1S/C41H75NO12/c1-16-31-41(10,46)29(17-18-47-13)24(3)19-23(2)21-40(9,49-15)36(54-38-33(43)30(42(11)12)20-25(4)50-38)26(5)34(27(6)37(45)52-31)53-32-22-39(8,48-14)35(44)28(7)51-32/h19,23,25-36,38,43-44,46H,16-18,20-22H2,1-15H3/b24-19-/t23-,25+,26-,27+,28-,29+,30-,31+,32-,33+,34-,35-,36+,38-,39+,40+,41-/m0/s1. The lowest BCUT2D eigenvalue weighted by atomic mass is 9.74. The number of ether oxygens (including phenoxy) is 8. The number of nitrogens with zero attached hydrogens (tertiary/aromatic N) is 1. The van der Waals surface area contributed by atoms with Crippen molar-refractivity contribution in [3.8, 4) is 0 Å². The monoisotopic (exact) mass is 774 g/mol. The number of allylic oxidation sites excluding steroid dienone is 1. The molecule has 3 rings (SSSR count). The topological polar surface area (TPSA) is 155 Å². The molecule has 2 saturated heterocycles. The van der Waals surface area contributed by atoms with Crippen molar-refractivity contribution in [3.05, 3.63) is 11.6 Å². The molecule has 3 aliphatic heterocycles. The smallest absolute Gasteiger partial charge is 0.311 e. The number of aliphatic hydroxyl groups excluding tert-OH is 2. The second kappa shape index (κ2) is 19.5. The summed E-state index contributed by atoms with van der Waals surface area (Å²) in [6.45, 7) is 19.4. The summed E-state index contributed by atoms with van der Waals surface area (Å²) < 4.78 is 50.3. The normalized spacial score (nSPS) is 47.1. The first kappa shape index (κ1) is 47.1. The third-order valence-corrected chi connectivity index (χ3v) is 12.7. The predicted octanol–water partition coefficient (Wildman–Crippen LogP) is 4.47. The summed E-state index contributed by atoms with van der Waals surface area (Å²) in [5, 5.41) is 34.9. The van der Waals surface area contributed by atoms with Gasteiger partial charge in [-0.3, -0.25) is 4.79 Å². The van der Waals surface area contributed by atoms with E-state index in [2.05, 4.69) is 13.0 Å². The van der Waals surface area contributed by atoms with E-state index in [1.807, 2.05) is 60.5 Å². The highest BCUT2D eigenvalue weighted by Crippen LogP contribution is 2.42. The van der Waals surface area contributed by atoms with Gasteiger partial charge in [0.05, 0.1) is 41.5 Å². The first-order chi connectivity index (χ1) is 25.1. The lowest BCUT2D eigenvalue weighted by Crippen LogP contribution is -2.61. The van der Waals surface area contributed by atoms with Gasteiger partial charge < -0.3 is 58.1 Å². The summed E-state index contributed by atoms with van der Waals surface area (Å²) in [4.78, 5) is 16.4. The van der Waals surface area contributed by atoms with Gasteiger partial charge in [0.2, 0.25) is 0 Å². The first-order valence-electron chi connectivity index (χ1n) is 19.9. The number of hydrogen-bond acceptors (Lipinski definition) is 13. The number of esters is 1. The van der Waals surface area contributed by atoms with Crippen molar-refractivity contribution in [2.24, 2.45) is 23.7 Å². The lowest BCUT2D eigenvalue weighted by molar-refractivity contribution is -0.319. The molecular formula is C41H75NO12. The molecular weight excluding hydrogens is 698 g/mol. The fourth-order valence-electron chi connectivity index (χ4n) is 9.28. The molecule has 3 aliphatic rings. The van der Waals surface area contributed by atoms with Crippen molar-refractivity contribution in [2.45, 2.75) is 179 Å². The quantitative estimate of drug-likeness (QED) is 0.200. The summed E-state index contributed by atoms with van der Waals surface area (Å²) in [6.07, 6.45) is -2.76. The SMILES string of the molecule is CC[C@H]1OC(=O)[C@H](C)[C@@H](O[C@H]2C[C@@](C)(OC)[C@@H](O)[C@H](C)O2)[C@H](C)[C@@H](O[C@@H]2O[C@H](C)C[C@H](N(C)C)[C@H]2O)[C@](C)(OC)C[C@@H](C)/C=C(/C)[C@@H](CCOC)[C@]1(C)O. The number of aliphatic hydroxyl groups is 3. The molecule has 3 N–H and O–H groups in total. The van der Waals surface area contributed by atoms with Crippen LogP contribution in [-0.2, 0) is 42.7 Å². The first-order valence-corrected chi connectivity index (χ1v) is 19.9. The molecule has 0 unspecified atom stereocenters.